The summed E-state index contributed by atoms with van der Waals surface area (Å²) in [6.45, 7) is 5.70. The Hall–Kier alpha value is -0.650. The van der Waals surface area contributed by atoms with Crippen LogP contribution in [0.25, 0.3) is 0 Å². The minimum absolute atomic E-state index is 1.03. The van der Waals surface area contributed by atoms with Crippen LogP contribution >= 0.6 is 0 Å². The Morgan fingerprint density at radius 1 is 1.50 bits per heavy atom. The van der Waals surface area contributed by atoms with Gasteiger partial charge in [0.05, 0.1) is 12.5 Å². The van der Waals surface area contributed by atoms with E-state index in [1.165, 1.54) is 0 Å². The van der Waals surface area contributed by atoms with E-state index in [1.54, 1.807) is 0 Å². The third kappa shape index (κ3) is 5.35. The molecule has 0 atom stereocenters. The normalized spacial score (nSPS) is 9.62. The maximum atomic E-state index is 3.57. The van der Waals surface area contributed by atoms with Crippen LogP contribution in [0, 0.1) is 6.42 Å². The second-order valence-corrected chi connectivity index (χ2v) is 1.59. The molecule has 0 N–H and O–H groups in total. The lowest BCUT2D eigenvalue weighted by Crippen LogP contribution is -1.62. The van der Waals surface area contributed by atoms with E-state index in [2.05, 4.69) is 25.7 Å². The van der Waals surface area contributed by atoms with Gasteiger partial charge in [-0.25, -0.2) is 0 Å². The van der Waals surface area contributed by atoms with Crippen LogP contribution in [0.4, 0.5) is 0 Å². The average Bonchev–Trinajstić information content (AvgIpc) is 1.81. The lowest BCUT2D eigenvalue weighted by molar-refractivity contribution is 1.18. The molecule has 0 aliphatic rings. The van der Waals surface area contributed by atoms with Gasteiger partial charge in [0.15, 0.2) is 0 Å². The highest BCUT2D eigenvalue weighted by Gasteiger charge is 1.77. The largest absolute Gasteiger partial charge is 0.0867 e. The van der Waals surface area contributed by atoms with Gasteiger partial charge in [0, 0.05) is 13.0 Å². The molecule has 0 fully saturated rings. The van der Waals surface area contributed by atoms with Gasteiger partial charge in [0.1, 0.15) is 0 Å². The predicted octanol–water partition coefficient (Wildman–Crippen LogP) is 2.73. The summed E-state index contributed by atoms with van der Waals surface area (Å²) in [5, 5.41) is 0. The Kier molecular flexibility index (Phi) is 5.83. The van der Waals surface area contributed by atoms with Crippen molar-refractivity contribution < 1.29 is 0 Å². The molecule has 8 heavy (non-hydrogen) atoms. The number of rotatable bonds is 4. The van der Waals surface area contributed by atoms with Crippen LogP contribution in [0.5, 0.6) is 0 Å². The van der Waals surface area contributed by atoms with Crippen LogP contribution in [-0.4, -0.2) is 0 Å². The molecule has 0 aromatic carbocycles. The van der Waals surface area contributed by atoms with Gasteiger partial charge >= 0.3 is 0 Å². The van der Waals surface area contributed by atoms with E-state index in [-0.39, 0.29) is 0 Å². The molecular formula is C8H13+. The van der Waals surface area contributed by atoms with Crippen molar-refractivity contribution in [3.8, 4) is 0 Å². The average molecular weight is 109 g/mol. The Balaban J connectivity index is 2.90. The van der Waals surface area contributed by atoms with Crippen molar-refractivity contribution in [1.82, 2.24) is 0 Å². The summed E-state index contributed by atoms with van der Waals surface area (Å²) in [7, 11) is 0. The van der Waals surface area contributed by atoms with E-state index in [4.69, 9.17) is 0 Å². The van der Waals surface area contributed by atoms with Crippen molar-refractivity contribution >= 4 is 0 Å². The van der Waals surface area contributed by atoms with E-state index in [0.29, 0.717) is 0 Å². The number of allylic oxidation sites excluding steroid dienone is 3. The zero-order chi connectivity index (χ0) is 6.24. The fourth-order valence-corrected chi connectivity index (χ4v) is 0.438. The van der Waals surface area contributed by atoms with Gasteiger partial charge in [-0.05, 0) is 6.42 Å². The van der Waals surface area contributed by atoms with Gasteiger partial charge in [-0.2, -0.15) is 0 Å². The van der Waals surface area contributed by atoms with Crippen molar-refractivity contribution in [3.63, 3.8) is 0 Å². The Labute approximate surface area is 51.9 Å². The molecule has 0 aliphatic heterocycles. The van der Waals surface area contributed by atoms with Crippen LogP contribution in [0.3, 0.4) is 0 Å². The van der Waals surface area contributed by atoms with Gasteiger partial charge in [0.2, 0.25) is 0 Å². The van der Waals surface area contributed by atoms with Gasteiger partial charge in [-0.3, -0.25) is 0 Å². The highest BCUT2D eigenvalue weighted by Crippen LogP contribution is 1.90. The molecule has 0 saturated heterocycles. The fourth-order valence-electron chi connectivity index (χ4n) is 0.438. The number of hydrogen-bond acceptors (Lipinski definition) is 0. The summed E-state index contributed by atoms with van der Waals surface area (Å²) in [5.41, 5.74) is 0. The molecule has 0 saturated carbocycles. The maximum absolute atomic E-state index is 3.57. The molecule has 0 unspecified atom stereocenters. The highest BCUT2D eigenvalue weighted by molar-refractivity contribution is 4.94. The topological polar surface area (TPSA) is 0 Å². The molecule has 44 valence electrons. The van der Waals surface area contributed by atoms with Crippen LogP contribution < -0.4 is 0 Å². The Morgan fingerprint density at radius 3 is 2.75 bits per heavy atom. The highest BCUT2D eigenvalue weighted by atomic mass is 13.8. The van der Waals surface area contributed by atoms with E-state index < -0.39 is 0 Å². The van der Waals surface area contributed by atoms with E-state index in [0.717, 1.165) is 12.8 Å². The Morgan fingerprint density at radius 2 is 2.25 bits per heavy atom. The lowest BCUT2D eigenvalue weighted by atomic mass is 10.3. The molecule has 0 nitrogen and oxygen atoms in total. The summed E-state index contributed by atoms with van der Waals surface area (Å²) in [5.74, 6) is 0. The van der Waals surface area contributed by atoms with E-state index in [1.807, 2.05) is 12.5 Å². The molecule has 0 heterocycles. The molecule has 0 heteroatoms. The minimum Gasteiger partial charge on any atom is -0.0867 e. The predicted molar refractivity (Wildman–Crippen MR) is 38.5 cm³/mol. The summed E-state index contributed by atoms with van der Waals surface area (Å²) in [4.78, 5) is 0. The van der Waals surface area contributed by atoms with Crippen LogP contribution in [-0.2, 0) is 0 Å². The van der Waals surface area contributed by atoms with Crippen LogP contribution in [0.1, 0.15) is 19.8 Å². The third-order valence-corrected chi connectivity index (χ3v) is 0.841. The third-order valence-electron chi connectivity index (χ3n) is 0.841. The fraction of sp³-hybridized carbons (Fsp3) is 0.375. The monoisotopic (exact) mass is 109 g/mol. The van der Waals surface area contributed by atoms with E-state index in [9.17, 15) is 0 Å². The first-order valence-corrected chi connectivity index (χ1v) is 3.01. The quantitative estimate of drug-likeness (QED) is 0.296. The molecule has 0 bridgehead atoms. The SMILES string of the molecule is C=C[CH+]CC=CCC. The molecule has 0 aromatic heterocycles. The molecule has 0 amide bonds. The van der Waals surface area contributed by atoms with Crippen LogP contribution in [0.2, 0.25) is 0 Å². The first kappa shape index (κ1) is 7.35. The minimum atomic E-state index is 1.03. The standard InChI is InChI=1S/C8H13/c1-3-5-7-8-6-4-2/h3,5-6,8H,1,4,7H2,2H3/q+1. The molecular weight excluding hydrogens is 96.1 g/mol. The van der Waals surface area contributed by atoms with Crippen LogP contribution in [0.15, 0.2) is 24.8 Å². The van der Waals surface area contributed by atoms with Crippen molar-refractivity contribution in [2.75, 3.05) is 0 Å². The summed E-state index contributed by atoms with van der Waals surface area (Å²) >= 11 is 0. The molecule has 0 radical (unpaired) electrons. The number of hydrogen-bond donors (Lipinski definition) is 0. The van der Waals surface area contributed by atoms with Crippen molar-refractivity contribution in [2.45, 2.75) is 19.8 Å². The zero-order valence-electron chi connectivity index (χ0n) is 5.43. The molecule has 0 spiro atoms. The lowest BCUT2D eigenvalue weighted by Gasteiger charge is -1.76. The number of unbranched alkanes of at least 4 members (excludes halogenated alkanes) is 1. The second kappa shape index (κ2) is 6.35. The Bertz CT molecular complexity index is 70.1. The first-order chi connectivity index (χ1) is 3.91. The maximum Gasteiger partial charge on any atom is 0.0867 e. The summed E-state index contributed by atoms with van der Waals surface area (Å²) in [6, 6.07) is 0. The van der Waals surface area contributed by atoms with Crippen molar-refractivity contribution in [3.05, 3.63) is 31.2 Å². The smallest absolute Gasteiger partial charge is 0.0867 e. The molecule has 0 aliphatic carbocycles. The van der Waals surface area contributed by atoms with E-state index >= 15 is 0 Å². The van der Waals surface area contributed by atoms with Gasteiger partial charge in [0.25, 0.3) is 0 Å². The van der Waals surface area contributed by atoms with Gasteiger partial charge in [-0.1, -0.05) is 19.1 Å². The van der Waals surface area contributed by atoms with Crippen molar-refractivity contribution in [1.29, 1.82) is 0 Å². The first-order valence-electron chi connectivity index (χ1n) is 3.01. The van der Waals surface area contributed by atoms with Gasteiger partial charge < -0.3 is 0 Å². The van der Waals surface area contributed by atoms with Crippen molar-refractivity contribution in [2.24, 2.45) is 0 Å². The molecule has 0 aromatic rings. The summed E-state index contributed by atoms with van der Waals surface area (Å²) in [6.07, 6.45) is 10.3. The summed E-state index contributed by atoms with van der Waals surface area (Å²) < 4.78 is 0. The van der Waals surface area contributed by atoms with Gasteiger partial charge in [-0.15, -0.1) is 0 Å². The second-order valence-electron chi connectivity index (χ2n) is 1.59. The molecule has 0 rings (SSSR count). The zero-order valence-corrected chi connectivity index (χ0v) is 5.43.